The molecule has 2 heterocycles. The number of hydrogen-bond acceptors (Lipinski definition) is 8. The van der Waals surface area contributed by atoms with E-state index >= 15 is 0 Å². The molecule has 7 nitrogen and oxygen atoms in total. The Balaban J connectivity index is 1.73. The van der Waals surface area contributed by atoms with Gasteiger partial charge in [0.1, 0.15) is 17.4 Å². The van der Waals surface area contributed by atoms with Crippen LogP contribution in [0.15, 0.2) is 35.9 Å². The summed E-state index contributed by atoms with van der Waals surface area (Å²) in [5.41, 5.74) is 2.22. The van der Waals surface area contributed by atoms with Crippen LogP contribution in [-0.4, -0.2) is 50.7 Å². The SMILES string of the molecule is CC(=O)C1=CC(O)C(Nc2nc(NCC(F)(F)F)nc(C)c2-c2nc3ccccc3s2)C1. The van der Waals surface area contributed by atoms with Crippen LogP contribution < -0.4 is 10.6 Å². The first-order chi connectivity index (χ1) is 15.1. The van der Waals surface area contributed by atoms with Crippen LogP contribution in [0.1, 0.15) is 19.0 Å². The van der Waals surface area contributed by atoms with Crippen molar-refractivity contribution in [2.24, 2.45) is 0 Å². The lowest BCUT2D eigenvalue weighted by molar-refractivity contribution is -0.115. The summed E-state index contributed by atoms with van der Waals surface area (Å²) in [6, 6.07) is 6.97. The number of para-hydroxylation sites is 1. The highest BCUT2D eigenvalue weighted by Crippen LogP contribution is 2.37. The van der Waals surface area contributed by atoms with Gasteiger partial charge >= 0.3 is 6.18 Å². The smallest absolute Gasteiger partial charge is 0.387 e. The molecule has 2 atom stereocenters. The number of aliphatic hydroxyl groups is 1. The van der Waals surface area contributed by atoms with Gasteiger partial charge < -0.3 is 15.7 Å². The third-order valence-electron chi connectivity index (χ3n) is 5.04. The number of carbonyl (C=O) groups is 1. The first kappa shape index (κ1) is 22.2. The highest BCUT2D eigenvalue weighted by atomic mass is 32.1. The topological polar surface area (TPSA) is 100 Å². The van der Waals surface area contributed by atoms with Gasteiger partial charge in [-0.3, -0.25) is 4.79 Å². The fourth-order valence-corrected chi connectivity index (χ4v) is 4.56. The fourth-order valence-electron chi connectivity index (χ4n) is 3.49. The van der Waals surface area contributed by atoms with Crippen LogP contribution >= 0.6 is 11.3 Å². The van der Waals surface area contributed by atoms with E-state index in [0.29, 0.717) is 21.8 Å². The van der Waals surface area contributed by atoms with Gasteiger partial charge in [0.2, 0.25) is 5.95 Å². The number of nitrogens with zero attached hydrogens (tertiary/aromatic N) is 3. The quantitative estimate of drug-likeness (QED) is 0.506. The van der Waals surface area contributed by atoms with Crippen molar-refractivity contribution in [2.45, 2.75) is 38.6 Å². The molecule has 168 valence electrons. The first-order valence-electron chi connectivity index (χ1n) is 9.82. The molecular formula is C21H20F3N5O2S. The number of benzene rings is 1. The molecule has 0 aliphatic heterocycles. The van der Waals surface area contributed by atoms with Crippen molar-refractivity contribution in [3.8, 4) is 10.6 Å². The van der Waals surface area contributed by atoms with Crippen LogP contribution in [0.4, 0.5) is 24.9 Å². The number of aryl methyl sites for hydroxylation is 1. The minimum atomic E-state index is -4.43. The molecule has 2 unspecified atom stereocenters. The molecule has 2 aromatic heterocycles. The second kappa shape index (κ2) is 8.47. The van der Waals surface area contributed by atoms with Crippen LogP contribution in [-0.2, 0) is 4.79 Å². The van der Waals surface area contributed by atoms with Crippen molar-refractivity contribution in [3.05, 3.63) is 41.6 Å². The second-order valence-electron chi connectivity index (χ2n) is 7.51. The number of aliphatic hydroxyl groups excluding tert-OH is 1. The third-order valence-corrected chi connectivity index (χ3v) is 6.10. The molecule has 0 fully saturated rings. The van der Waals surface area contributed by atoms with Gasteiger partial charge in [-0.1, -0.05) is 12.1 Å². The summed E-state index contributed by atoms with van der Waals surface area (Å²) in [7, 11) is 0. The van der Waals surface area contributed by atoms with Crippen molar-refractivity contribution in [3.63, 3.8) is 0 Å². The number of nitrogens with one attached hydrogen (secondary N) is 2. The minimum Gasteiger partial charge on any atom is -0.387 e. The molecule has 0 amide bonds. The van der Waals surface area contributed by atoms with E-state index in [9.17, 15) is 23.1 Å². The zero-order valence-corrected chi connectivity index (χ0v) is 18.0. The Hall–Kier alpha value is -3.05. The van der Waals surface area contributed by atoms with Crippen molar-refractivity contribution in [1.29, 1.82) is 0 Å². The molecule has 1 aliphatic rings. The maximum Gasteiger partial charge on any atom is 0.405 e. The monoisotopic (exact) mass is 463 g/mol. The number of ketones is 1. The molecule has 4 rings (SSSR count). The molecular weight excluding hydrogens is 443 g/mol. The zero-order chi connectivity index (χ0) is 23.0. The number of Topliss-reactive ketones (excluding diaryl/α,β-unsaturated/α-hetero) is 1. The molecule has 0 spiro atoms. The summed E-state index contributed by atoms with van der Waals surface area (Å²) in [5.74, 6) is -0.103. The molecule has 0 saturated carbocycles. The highest BCUT2D eigenvalue weighted by Gasteiger charge is 2.31. The molecule has 3 N–H and O–H groups in total. The number of halogens is 3. The Labute approximate surface area is 185 Å². The maximum atomic E-state index is 12.7. The van der Waals surface area contributed by atoms with Crippen LogP contribution in [0.3, 0.4) is 0 Å². The Morgan fingerprint density at radius 1 is 1.25 bits per heavy atom. The molecule has 32 heavy (non-hydrogen) atoms. The molecule has 1 aromatic carbocycles. The van der Waals surface area contributed by atoms with Crippen LogP contribution in [0, 0.1) is 6.92 Å². The fraction of sp³-hybridized carbons (Fsp3) is 0.333. The molecule has 0 radical (unpaired) electrons. The van der Waals surface area contributed by atoms with Crippen molar-refractivity contribution in [1.82, 2.24) is 15.0 Å². The number of hydrogen-bond donors (Lipinski definition) is 3. The van der Waals surface area contributed by atoms with E-state index in [2.05, 4.69) is 25.6 Å². The van der Waals surface area contributed by atoms with E-state index in [4.69, 9.17) is 0 Å². The van der Waals surface area contributed by atoms with Gasteiger partial charge in [-0.15, -0.1) is 11.3 Å². The molecule has 1 aliphatic carbocycles. The number of carbonyl (C=O) groups excluding carboxylic acids is 1. The Morgan fingerprint density at radius 3 is 2.66 bits per heavy atom. The van der Waals surface area contributed by atoms with Gasteiger partial charge in [0.05, 0.1) is 33.6 Å². The first-order valence-corrected chi connectivity index (χ1v) is 10.6. The lowest BCUT2D eigenvalue weighted by Gasteiger charge is -2.21. The minimum absolute atomic E-state index is 0.147. The van der Waals surface area contributed by atoms with E-state index in [1.165, 1.54) is 24.3 Å². The maximum absolute atomic E-state index is 12.7. The molecule has 11 heteroatoms. The predicted octanol–water partition coefficient (Wildman–Crippen LogP) is 4.10. The molecule has 0 bridgehead atoms. The third kappa shape index (κ3) is 4.73. The highest BCUT2D eigenvalue weighted by molar-refractivity contribution is 7.21. The normalized spacial score (nSPS) is 18.6. The van der Waals surface area contributed by atoms with E-state index in [1.54, 1.807) is 6.92 Å². The van der Waals surface area contributed by atoms with Gasteiger partial charge in [0, 0.05) is 0 Å². The summed E-state index contributed by atoms with van der Waals surface area (Å²) in [6.07, 6.45) is -3.63. The second-order valence-corrected chi connectivity index (χ2v) is 8.54. The Morgan fingerprint density at radius 2 is 2.00 bits per heavy atom. The largest absolute Gasteiger partial charge is 0.405 e. The van der Waals surface area contributed by atoms with Gasteiger partial charge in [-0.25, -0.2) is 9.97 Å². The summed E-state index contributed by atoms with van der Waals surface area (Å²) in [5, 5.41) is 16.3. The van der Waals surface area contributed by atoms with Crippen molar-refractivity contribution >= 4 is 39.1 Å². The van der Waals surface area contributed by atoms with E-state index in [-0.39, 0.29) is 24.0 Å². The average molecular weight is 463 g/mol. The summed E-state index contributed by atoms with van der Waals surface area (Å²) < 4.78 is 39.0. The Kier molecular flexibility index (Phi) is 5.87. The number of alkyl halides is 3. The van der Waals surface area contributed by atoms with E-state index in [0.717, 1.165) is 10.2 Å². The molecule has 0 saturated heterocycles. The van der Waals surface area contributed by atoms with Gasteiger partial charge in [-0.2, -0.15) is 18.2 Å². The molecule has 3 aromatic rings. The van der Waals surface area contributed by atoms with Gasteiger partial charge in [0.15, 0.2) is 5.78 Å². The van der Waals surface area contributed by atoms with Crippen molar-refractivity contribution < 1.29 is 23.1 Å². The van der Waals surface area contributed by atoms with Crippen LogP contribution in [0.25, 0.3) is 20.8 Å². The number of aromatic nitrogens is 3. The number of fused-ring (bicyclic) bond motifs is 1. The Bertz CT molecular complexity index is 1170. The number of rotatable bonds is 6. The average Bonchev–Trinajstić information content (AvgIpc) is 3.29. The summed E-state index contributed by atoms with van der Waals surface area (Å²) in [6.45, 7) is 1.80. The zero-order valence-electron chi connectivity index (χ0n) is 17.2. The number of thiazole rings is 1. The number of anilines is 2. The summed E-state index contributed by atoms with van der Waals surface area (Å²) in [4.78, 5) is 24.8. The van der Waals surface area contributed by atoms with Gasteiger partial charge in [0.25, 0.3) is 0 Å². The standard InChI is InChI=1S/C21H20F3N5O2S/c1-10-17(19-28-13-5-3-4-6-16(13)32-19)18(29-20(26-10)25-9-21(22,23)24)27-14-7-12(11(2)30)8-15(14)31/h3-6,8,14-15,31H,7,9H2,1-2H3,(H2,25,26,27,29). The predicted molar refractivity (Wildman–Crippen MR) is 117 cm³/mol. The van der Waals surface area contributed by atoms with Gasteiger partial charge in [-0.05, 0) is 44.1 Å². The van der Waals surface area contributed by atoms with Crippen molar-refractivity contribution in [2.75, 3.05) is 17.2 Å². The van der Waals surface area contributed by atoms with E-state index in [1.807, 2.05) is 24.3 Å². The van der Waals surface area contributed by atoms with Crippen LogP contribution in [0.2, 0.25) is 0 Å². The van der Waals surface area contributed by atoms with Crippen LogP contribution in [0.5, 0.6) is 0 Å². The summed E-state index contributed by atoms with van der Waals surface area (Å²) >= 11 is 1.41. The lowest BCUT2D eigenvalue weighted by atomic mass is 10.1. The van der Waals surface area contributed by atoms with E-state index < -0.39 is 24.9 Å². The lowest BCUT2D eigenvalue weighted by Crippen LogP contribution is -2.30.